The second-order valence-electron chi connectivity index (χ2n) is 4.54. The van der Waals surface area contributed by atoms with Crippen molar-refractivity contribution in [3.8, 4) is 5.75 Å². The zero-order valence-electron chi connectivity index (χ0n) is 9.60. The Hall–Kier alpha value is -1.55. The second kappa shape index (κ2) is 4.53. The predicted octanol–water partition coefficient (Wildman–Crippen LogP) is 2.33. The molecule has 0 fully saturated rings. The van der Waals surface area contributed by atoms with Crippen LogP contribution in [0.5, 0.6) is 5.75 Å². The van der Waals surface area contributed by atoms with Gasteiger partial charge in [0.2, 0.25) is 0 Å². The van der Waals surface area contributed by atoms with E-state index in [1.807, 2.05) is 0 Å². The Morgan fingerprint density at radius 2 is 2.00 bits per heavy atom. The van der Waals surface area contributed by atoms with Crippen LogP contribution in [0.1, 0.15) is 32.4 Å². The monoisotopic (exact) mass is 224 g/mol. The molecule has 0 amide bonds. The molecule has 0 saturated carbocycles. The number of carbonyl (C=O) groups is 1. The van der Waals surface area contributed by atoms with Crippen molar-refractivity contribution in [3.63, 3.8) is 0 Å². The summed E-state index contributed by atoms with van der Waals surface area (Å²) in [7, 11) is 0. The molecule has 1 unspecified atom stereocenters. The molecule has 0 aliphatic carbocycles. The van der Waals surface area contributed by atoms with Crippen molar-refractivity contribution in [1.82, 2.24) is 0 Å². The van der Waals surface area contributed by atoms with Crippen molar-refractivity contribution in [3.05, 3.63) is 29.8 Å². The first-order valence-electron chi connectivity index (χ1n) is 4.99. The minimum atomic E-state index is -1.07. The number of carboxylic acid groups (broad SMARTS) is 1. The van der Waals surface area contributed by atoms with Crippen LogP contribution in [0.15, 0.2) is 24.3 Å². The molecule has 1 rings (SSSR count). The summed E-state index contributed by atoms with van der Waals surface area (Å²) in [4.78, 5) is 11.1. The molecule has 0 aliphatic rings. The van der Waals surface area contributed by atoms with Gasteiger partial charge in [0.25, 0.3) is 0 Å². The largest absolute Gasteiger partial charge is 0.508 e. The minimum absolute atomic E-state index is 0.0289. The summed E-state index contributed by atoms with van der Waals surface area (Å²) in [6, 6.07) is 6.08. The van der Waals surface area contributed by atoms with E-state index in [9.17, 15) is 9.90 Å². The molecule has 0 radical (unpaired) electrons. The first-order valence-corrected chi connectivity index (χ1v) is 4.99. The number of carboxylic acids is 1. The summed E-state index contributed by atoms with van der Waals surface area (Å²) in [6.45, 7) is 5.35. The van der Waals surface area contributed by atoms with Crippen molar-refractivity contribution in [1.29, 1.82) is 0 Å². The molecule has 1 aromatic rings. The van der Waals surface area contributed by atoms with Gasteiger partial charge in [0.15, 0.2) is 6.10 Å². The molecule has 4 heteroatoms. The molecule has 0 aliphatic heterocycles. The Kier molecular flexibility index (Phi) is 3.55. The van der Waals surface area contributed by atoms with Gasteiger partial charge in [-0.15, -0.1) is 0 Å². The number of rotatable bonds is 3. The van der Waals surface area contributed by atoms with E-state index in [4.69, 9.17) is 9.84 Å². The summed E-state index contributed by atoms with van der Waals surface area (Å²) in [5.74, 6) is -1.04. The third-order valence-electron chi connectivity index (χ3n) is 1.87. The molecule has 0 heterocycles. The fourth-order valence-corrected chi connectivity index (χ4v) is 1.30. The van der Waals surface area contributed by atoms with Crippen LogP contribution in [0.3, 0.4) is 0 Å². The highest BCUT2D eigenvalue weighted by atomic mass is 16.5. The highest BCUT2D eigenvalue weighted by Gasteiger charge is 2.26. The molecule has 1 atom stereocenters. The van der Waals surface area contributed by atoms with E-state index in [0.29, 0.717) is 5.56 Å². The van der Waals surface area contributed by atoms with Gasteiger partial charge in [-0.05, 0) is 38.5 Å². The van der Waals surface area contributed by atoms with Crippen LogP contribution >= 0.6 is 0 Å². The highest BCUT2D eigenvalue weighted by molar-refractivity contribution is 5.74. The van der Waals surface area contributed by atoms with Gasteiger partial charge in [-0.3, -0.25) is 0 Å². The summed E-state index contributed by atoms with van der Waals surface area (Å²) in [6.07, 6.45) is -1.06. The molecule has 16 heavy (non-hydrogen) atoms. The van der Waals surface area contributed by atoms with E-state index < -0.39 is 17.7 Å². The Labute approximate surface area is 94.5 Å². The number of phenolic OH excluding ortho intramolecular Hbond substituents is 1. The van der Waals surface area contributed by atoms with Gasteiger partial charge < -0.3 is 14.9 Å². The molecule has 0 bridgehead atoms. The van der Waals surface area contributed by atoms with Crippen LogP contribution in [0.25, 0.3) is 0 Å². The molecule has 4 nitrogen and oxygen atoms in total. The fraction of sp³-hybridized carbons (Fsp3) is 0.417. The number of hydrogen-bond acceptors (Lipinski definition) is 3. The van der Waals surface area contributed by atoms with Gasteiger partial charge in [0.1, 0.15) is 5.75 Å². The maximum Gasteiger partial charge on any atom is 0.337 e. The maximum atomic E-state index is 11.1. The van der Waals surface area contributed by atoms with Crippen molar-refractivity contribution in [2.75, 3.05) is 0 Å². The van der Waals surface area contributed by atoms with E-state index in [-0.39, 0.29) is 5.75 Å². The lowest BCUT2D eigenvalue weighted by Gasteiger charge is -2.25. The van der Waals surface area contributed by atoms with Crippen LogP contribution in [-0.2, 0) is 9.53 Å². The Bertz CT molecular complexity index is 379. The van der Waals surface area contributed by atoms with E-state index in [0.717, 1.165) is 0 Å². The smallest absolute Gasteiger partial charge is 0.337 e. The number of ether oxygens (including phenoxy) is 1. The molecule has 1 aromatic carbocycles. The summed E-state index contributed by atoms with van der Waals surface area (Å²) in [5, 5.41) is 18.4. The first kappa shape index (κ1) is 12.5. The van der Waals surface area contributed by atoms with Gasteiger partial charge in [-0.2, -0.15) is 0 Å². The number of hydrogen-bond donors (Lipinski definition) is 2. The standard InChI is InChI=1S/C12H16O4/c1-12(2,3)16-10(11(14)15)8-5-4-6-9(13)7-8/h4-7,10,13H,1-3H3,(H,14,15). The van der Waals surface area contributed by atoms with Gasteiger partial charge in [0.05, 0.1) is 5.60 Å². The molecule has 0 aromatic heterocycles. The third kappa shape index (κ3) is 3.55. The lowest BCUT2D eigenvalue weighted by atomic mass is 10.1. The highest BCUT2D eigenvalue weighted by Crippen LogP contribution is 2.26. The Balaban J connectivity index is 2.99. The SMILES string of the molecule is CC(C)(C)OC(C(=O)O)c1cccc(O)c1. The molecule has 0 spiro atoms. The van der Waals surface area contributed by atoms with E-state index >= 15 is 0 Å². The normalized spacial score (nSPS) is 13.4. The summed E-state index contributed by atoms with van der Waals surface area (Å²) in [5.41, 5.74) is -0.128. The molecule has 88 valence electrons. The van der Waals surface area contributed by atoms with Gasteiger partial charge in [-0.25, -0.2) is 4.79 Å². The van der Waals surface area contributed by atoms with Crippen molar-refractivity contribution in [2.24, 2.45) is 0 Å². The number of aromatic hydroxyl groups is 1. The van der Waals surface area contributed by atoms with Gasteiger partial charge in [0, 0.05) is 0 Å². The van der Waals surface area contributed by atoms with Crippen molar-refractivity contribution < 1.29 is 19.7 Å². The average molecular weight is 224 g/mol. The third-order valence-corrected chi connectivity index (χ3v) is 1.87. The topological polar surface area (TPSA) is 66.8 Å². The number of benzene rings is 1. The van der Waals surface area contributed by atoms with E-state index in [1.54, 1.807) is 32.9 Å². The summed E-state index contributed by atoms with van der Waals surface area (Å²) >= 11 is 0. The van der Waals surface area contributed by atoms with E-state index in [1.165, 1.54) is 12.1 Å². The lowest BCUT2D eigenvalue weighted by molar-refractivity contribution is -0.160. The van der Waals surface area contributed by atoms with Gasteiger partial charge >= 0.3 is 5.97 Å². The average Bonchev–Trinajstić information content (AvgIpc) is 2.12. The van der Waals surface area contributed by atoms with Crippen LogP contribution in [-0.4, -0.2) is 21.8 Å². The first-order chi connectivity index (χ1) is 7.29. The molecular weight excluding hydrogens is 208 g/mol. The van der Waals surface area contributed by atoms with Gasteiger partial charge in [-0.1, -0.05) is 12.1 Å². The van der Waals surface area contributed by atoms with Crippen LogP contribution in [0.4, 0.5) is 0 Å². The molecule has 0 saturated heterocycles. The maximum absolute atomic E-state index is 11.1. The quantitative estimate of drug-likeness (QED) is 0.826. The van der Waals surface area contributed by atoms with Crippen LogP contribution in [0, 0.1) is 0 Å². The number of phenols is 1. The Morgan fingerprint density at radius 1 is 1.38 bits per heavy atom. The Morgan fingerprint density at radius 3 is 2.44 bits per heavy atom. The van der Waals surface area contributed by atoms with Crippen LogP contribution in [0.2, 0.25) is 0 Å². The summed E-state index contributed by atoms with van der Waals surface area (Å²) < 4.78 is 5.43. The predicted molar refractivity (Wildman–Crippen MR) is 59.3 cm³/mol. The fourth-order valence-electron chi connectivity index (χ4n) is 1.30. The second-order valence-corrected chi connectivity index (χ2v) is 4.54. The van der Waals surface area contributed by atoms with E-state index in [2.05, 4.69) is 0 Å². The number of aliphatic carboxylic acids is 1. The zero-order chi connectivity index (χ0) is 12.3. The zero-order valence-corrected chi connectivity index (χ0v) is 9.60. The van der Waals surface area contributed by atoms with Crippen LogP contribution < -0.4 is 0 Å². The molecule has 2 N–H and O–H groups in total. The lowest BCUT2D eigenvalue weighted by Crippen LogP contribution is -2.27. The molecular formula is C12H16O4. The van der Waals surface area contributed by atoms with Crippen molar-refractivity contribution in [2.45, 2.75) is 32.5 Å². The van der Waals surface area contributed by atoms with Crippen molar-refractivity contribution >= 4 is 5.97 Å². The minimum Gasteiger partial charge on any atom is -0.508 e.